The Morgan fingerprint density at radius 3 is 2.74 bits per heavy atom. The predicted molar refractivity (Wildman–Crippen MR) is 89.0 cm³/mol. The molecule has 1 amide bonds. The molecule has 0 unspecified atom stereocenters. The summed E-state index contributed by atoms with van der Waals surface area (Å²) in [4.78, 5) is 12.0. The Labute approximate surface area is 139 Å². The van der Waals surface area contributed by atoms with Gasteiger partial charge in [-0.15, -0.1) is 11.3 Å². The lowest BCUT2D eigenvalue weighted by Gasteiger charge is -2.15. The molecular formula is C15H18N2O4S2. The van der Waals surface area contributed by atoms with Gasteiger partial charge in [0.1, 0.15) is 9.96 Å². The van der Waals surface area contributed by atoms with E-state index in [0.29, 0.717) is 12.3 Å². The van der Waals surface area contributed by atoms with E-state index >= 15 is 0 Å². The average molecular weight is 354 g/mol. The van der Waals surface area contributed by atoms with Crippen LogP contribution in [0.2, 0.25) is 0 Å². The van der Waals surface area contributed by atoms with Gasteiger partial charge in [0.05, 0.1) is 13.7 Å². The summed E-state index contributed by atoms with van der Waals surface area (Å²) in [5.41, 5.74) is 0.876. The molecule has 1 aromatic carbocycles. The van der Waals surface area contributed by atoms with Gasteiger partial charge in [-0.05, 0) is 29.1 Å². The van der Waals surface area contributed by atoms with Gasteiger partial charge in [-0.3, -0.25) is 4.79 Å². The van der Waals surface area contributed by atoms with Crippen LogP contribution in [0.25, 0.3) is 0 Å². The molecule has 2 rings (SSSR count). The maximum absolute atomic E-state index is 12.2. The molecule has 0 radical (unpaired) electrons. The summed E-state index contributed by atoms with van der Waals surface area (Å²) in [6.07, 6.45) is 0. The fraction of sp³-hybridized carbons (Fsp3) is 0.267. The van der Waals surface area contributed by atoms with Crippen molar-refractivity contribution in [3.05, 3.63) is 47.3 Å². The lowest BCUT2D eigenvalue weighted by atomic mass is 10.2. The number of rotatable bonds is 7. The third-order valence-electron chi connectivity index (χ3n) is 3.15. The van der Waals surface area contributed by atoms with E-state index in [1.165, 1.54) is 13.1 Å². The van der Waals surface area contributed by atoms with Gasteiger partial charge in [0.2, 0.25) is 5.91 Å². The van der Waals surface area contributed by atoms with E-state index in [1.54, 1.807) is 18.6 Å². The Bertz CT molecular complexity index is 758. The van der Waals surface area contributed by atoms with Crippen LogP contribution < -0.4 is 10.1 Å². The van der Waals surface area contributed by atoms with Crippen LogP contribution in [0, 0.1) is 0 Å². The number of carbonyl (C=O) groups is 1. The van der Waals surface area contributed by atoms with Gasteiger partial charge >= 0.3 is 0 Å². The number of methoxy groups -OCH3 is 1. The molecule has 0 bridgehead atoms. The molecule has 23 heavy (non-hydrogen) atoms. The van der Waals surface area contributed by atoms with Crippen molar-refractivity contribution in [3.8, 4) is 5.75 Å². The lowest BCUT2D eigenvalue weighted by molar-refractivity contribution is -0.121. The third kappa shape index (κ3) is 4.54. The molecule has 0 atom stereocenters. The van der Waals surface area contributed by atoms with Crippen LogP contribution in [0.1, 0.15) is 5.56 Å². The third-order valence-corrected chi connectivity index (χ3v) is 6.33. The molecule has 124 valence electrons. The highest BCUT2D eigenvalue weighted by atomic mass is 32.2. The molecule has 1 N–H and O–H groups in total. The van der Waals surface area contributed by atoms with Crippen LogP contribution in [0.4, 0.5) is 0 Å². The van der Waals surface area contributed by atoms with Crippen molar-refractivity contribution in [2.24, 2.45) is 0 Å². The maximum atomic E-state index is 12.2. The standard InChI is InChI=1S/C15H18N2O4S2/c1-17(23(19,20)15-7-4-8-22-15)11-14(18)16-10-12-5-3-6-13(9-12)21-2/h3-9H,10-11H2,1-2H3,(H,16,18). The first-order chi connectivity index (χ1) is 10.9. The average Bonchev–Trinajstić information content (AvgIpc) is 3.08. The second kappa shape index (κ2) is 7.58. The Morgan fingerprint density at radius 1 is 1.30 bits per heavy atom. The van der Waals surface area contributed by atoms with Crippen LogP contribution in [-0.2, 0) is 21.4 Å². The largest absolute Gasteiger partial charge is 0.497 e. The quantitative estimate of drug-likeness (QED) is 0.821. The van der Waals surface area contributed by atoms with E-state index in [4.69, 9.17) is 4.74 Å². The molecule has 0 saturated carbocycles. The van der Waals surface area contributed by atoms with Crippen molar-refractivity contribution in [1.82, 2.24) is 9.62 Å². The molecule has 0 fully saturated rings. The van der Waals surface area contributed by atoms with Crippen molar-refractivity contribution in [1.29, 1.82) is 0 Å². The summed E-state index contributed by atoms with van der Waals surface area (Å²) in [7, 11) is -0.653. The van der Waals surface area contributed by atoms with E-state index in [0.717, 1.165) is 21.2 Å². The summed E-state index contributed by atoms with van der Waals surface area (Å²) in [5, 5.41) is 4.39. The monoisotopic (exact) mass is 354 g/mol. The van der Waals surface area contributed by atoms with Crippen molar-refractivity contribution in [3.63, 3.8) is 0 Å². The number of hydrogen-bond donors (Lipinski definition) is 1. The van der Waals surface area contributed by atoms with E-state index in [2.05, 4.69) is 5.32 Å². The second-order valence-electron chi connectivity index (χ2n) is 4.82. The Morgan fingerprint density at radius 2 is 2.09 bits per heavy atom. The molecule has 6 nitrogen and oxygen atoms in total. The molecule has 0 aliphatic carbocycles. The zero-order valence-corrected chi connectivity index (χ0v) is 14.5. The molecule has 1 aromatic heterocycles. The zero-order chi connectivity index (χ0) is 16.9. The highest BCUT2D eigenvalue weighted by molar-refractivity contribution is 7.91. The fourth-order valence-corrected chi connectivity index (χ4v) is 4.22. The molecule has 0 saturated heterocycles. The predicted octanol–water partition coefficient (Wildman–Crippen LogP) is 1.69. The first kappa shape index (κ1) is 17.5. The SMILES string of the molecule is COc1cccc(CNC(=O)CN(C)S(=O)(=O)c2cccs2)c1. The summed E-state index contributed by atoms with van der Waals surface area (Å²) in [6, 6.07) is 10.5. The van der Waals surface area contributed by atoms with Crippen molar-refractivity contribution in [2.45, 2.75) is 10.8 Å². The van der Waals surface area contributed by atoms with E-state index in [-0.39, 0.29) is 16.7 Å². The Balaban J connectivity index is 1.91. The van der Waals surface area contributed by atoms with Crippen LogP contribution in [-0.4, -0.2) is 39.3 Å². The van der Waals surface area contributed by atoms with Gasteiger partial charge in [-0.1, -0.05) is 18.2 Å². The van der Waals surface area contributed by atoms with E-state index in [9.17, 15) is 13.2 Å². The van der Waals surface area contributed by atoms with Crippen LogP contribution in [0.3, 0.4) is 0 Å². The molecule has 1 heterocycles. The molecule has 8 heteroatoms. The minimum Gasteiger partial charge on any atom is -0.497 e. The summed E-state index contributed by atoms with van der Waals surface area (Å²) >= 11 is 1.12. The van der Waals surface area contributed by atoms with Gasteiger partial charge in [-0.2, -0.15) is 4.31 Å². The molecule has 0 aliphatic heterocycles. The number of ether oxygens (including phenoxy) is 1. The highest BCUT2D eigenvalue weighted by Gasteiger charge is 2.23. The first-order valence-electron chi connectivity index (χ1n) is 6.83. The second-order valence-corrected chi connectivity index (χ2v) is 8.04. The minimum atomic E-state index is -3.61. The lowest BCUT2D eigenvalue weighted by Crippen LogP contribution is -2.37. The van der Waals surface area contributed by atoms with Gasteiger partial charge in [0.15, 0.2) is 0 Å². The molecule has 2 aromatic rings. The Hall–Kier alpha value is -1.90. The fourth-order valence-electron chi connectivity index (χ4n) is 1.89. The van der Waals surface area contributed by atoms with Gasteiger partial charge in [0.25, 0.3) is 10.0 Å². The zero-order valence-electron chi connectivity index (χ0n) is 12.9. The normalized spacial score (nSPS) is 11.4. The maximum Gasteiger partial charge on any atom is 0.252 e. The number of nitrogens with one attached hydrogen (secondary N) is 1. The van der Waals surface area contributed by atoms with Gasteiger partial charge in [-0.25, -0.2) is 8.42 Å². The van der Waals surface area contributed by atoms with E-state index < -0.39 is 10.0 Å². The first-order valence-corrected chi connectivity index (χ1v) is 9.15. The van der Waals surface area contributed by atoms with E-state index in [1.807, 2.05) is 24.3 Å². The minimum absolute atomic E-state index is 0.223. The smallest absolute Gasteiger partial charge is 0.252 e. The Kier molecular flexibility index (Phi) is 5.75. The number of thiophene rings is 1. The number of carbonyl (C=O) groups excluding carboxylic acids is 1. The number of benzene rings is 1. The topological polar surface area (TPSA) is 75.7 Å². The molecular weight excluding hydrogens is 336 g/mol. The number of amides is 1. The van der Waals surface area contributed by atoms with Crippen LogP contribution >= 0.6 is 11.3 Å². The number of likely N-dealkylation sites (N-methyl/N-ethyl adjacent to an activating group) is 1. The van der Waals surface area contributed by atoms with Gasteiger partial charge in [0, 0.05) is 13.6 Å². The molecule has 0 spiro atoms. The number of sulfonamides is 1. The molecule has 0 aliphatic rings. The van der Waals surface area contributed by atoms with Crippen molar-refractivity contribution in [2.75, 3.05) is 20.7 Å². The summed E-state index contributed by atoms with van der Waals surface area (Å²) in [6.45, 7) is 0.0765. The number of hydrogen-bond acceptors (Lipinski definition) is 5. The van der Waals surface area contributed by atoms with Crippen molar-refractivity contribution < 1.29 is 17.9 Å². The van der Waals surface area contributed by atoms with Crippen molar-refractivity contribution >= 4 is 27.3 Å². The van der Waals surface area contributed by atoms with Gasteiger partial charge < -0.3 is 10.1 Å². The van der Waals surface area contributed by atoms with Crippen LogP contribution in [0.15, 0.2) is 46.0 Å². The number of nitrogens with zero attached hydrogens (tertiary/aromatic N) is 1. The summed E-state index contributed by atoms with van der Waals surface area (Å²) in [5.74, 6) is 0.338. The highest BCUT2D eigenvalue weighted by Crippen LogP contribution is 2.19. The summed E-state index contributed by atoms with van der Waals surface area (Å²) < 4.78 is 30.8. The van der Waals surface area contributed by atoms with Crippen LogP contribution in [0.5, 0.6) is 5.75 Å².